The maximum absolute atomic E-state index is 12.2. The van der Waals surface area contributed by atoms with Crippen molar-refractivity contribution in [3.63, 3.8) is 0 Å². The Morgan fingerprint density at radius 3 is 2.64 bits per heavy atom. The number of amides is 3. The quantitative estimate of drug-likeness (QED) is 0.648. The minimum absolute atomic E-state index is 0.115. The molecular weight excluding hydrogens is 356 g/mol. The van der Waals surface area contributed by atoms with Gasteiger partial charge in [0.1, 0.15) is 0 Å². The molecule has 1 unspecified atom stereocenters. The number of hydrogen-bond acceptors (Lipinski definition) is 4. The van der Waals surface area contributed by atoms with Gasteiger partial charge in [0.05, 0.1) is 6.61 Å². The number of carbonyl (C=O) groups is 2. The summed E-state index contributed by atoms with van der Waals surface area (Å²) in [5, 5.41) is 8.54. The van der Waals surface area contributed by atoms with Crippen LogP contribution in [0.2, 0.25) is 0 Å². The lowest BCUT2D eigenvalue weighted by molar-refractivity contribution is 0.0939. The number of ether oxygens (including phenoxy) is 1. The van der Waals surface area contributed by atoms with Crippen molar-refractivity contribution in [2.24, 2.45) is 0 Å². The van der Waals surface area contributed by atoms with Crippen LogP contribution in [0.1, 0.15) is 48.7 Å². The highest BCUT2D eigenvalue weighted by Crippen LogP contribution is 2.17. The first kappa shape index (κ1) is 21.2. The summed E-state index contributed by atoms with van der Waals surface area (Å²) in [5.41, 5.74) is 2.93. The molecule has 0 saturated heterocycles. The summed E-state index contributed by atoms with van der Waals surface area (Å²) < 4.78 is 5.35. The first-order valence-corrected chi connectivity index (χ1v) is 9.47. The standard InChI is InChI=1S/C21H28N4O3/c1-5-15(4)24-20(26)17-7-8-18(14(3)11-17)25-21(27)23-13-16-9-10-22-19(12-16)28-6-2/h7-12,15H,5-6,13H2,1-4H3,(H,24,26)(H2,23,25,27). The molecule has 2 rings (SSSR count). The Hall–Kier alpha value is -3.09. The summed E-state index contributed by atoms with van der Waals surface area (Å²) in [5.74, 6) is 0.417. The molecule has 0 saturated carbocycles. The summed E-state index contributed by atoms with van der Waals surface area (Å²) in [6.45, 7) is 8.61. The summed E-state index contributed by atoms with van der Waals surface area (Å²) in [6.07, 6.45) is 2.52. The Morgan fingerprint density at radius 2 is 1.96 bits per heavy atom. The predicted molar refractivity (Wildman–Crippen MR) is 110 cm³/mol. The summed E-state index contributed by atoms with van der Waals surface area (Å²) in [4.78, 5) is 28.5. The third kappa shape index (κ3) is 6.26. The van der Waals surface area contributed by atoms with Gasteiger partial charge in [0.25, 0.3) is 5.91 Å². The Labute approximate surface area is 165 Å². The molecule has 1 aromatic heterocycles. The Balaban J connectivity index is 1.93. The maximum Gasteiger partial charge on any atom is 0.319 e. The summed E-state index contributed by atoms with van der Waals surface area (Å²) >= 11 is 0. The van der Waals surface area contributed by atoms with Crippen LogP contribution in [0.15, 0.2) is 36.5 Å². The largest absolute Gasteiger partial charge is 0.478 e. The van der Waals surface area contributed by atoms with E-state index in [2.05, 4.69) is 20.9 Å². The van der Waals surface area contributed by atoms with E-state index >= 15 is 0 Å². The second-order valence-corrected chi connectivity index (χ2v) is 6.56. The van der Waals surface area contributed by atoms with Crippen molar-refractivity contribution in [2.75, 3.05) is 11.9 Å². The van der Waals surface area contributed by atoms with Crippen LogP contribution in [-0.4, -0.2) is 29.6 Å². The van der Waals surface area contributed by atoms with Crippen molar-refractivity contribution in [1.29, 1.82) is 0 Å². The van der Waals surface area contributed by atoms with Crippen molar-refractivity contribution in [3.05, 3.63) is 53.2 Å². The third-order valence-electron chi connectivity index (χ3n) is 4.27. The zero-order valence-electron chi connectivity index (χ0n) is 16.8. The number of aromatic nitrogens is 1. The number of anilines is 1. The first-order chi connectivity index (χ1) is 13.4. The number of nitrogens with one attached hydrogen (secondary N) is 3. The molecule has 2 aromatic rings. The fourth-order valence-electron chi connectivity index (χ4n) is 2.49. The van der Waals surface area contributed by atoms with Gasteiger partial charge in [0, 0.05) is 36.1 Å². The Kier molecular flexibility index (Phi) is 7.80. The molecule has 0 fully saturated rings. The van der Waals surface area contributed by atoms with Crippen molar-refractivity contribution >= 4 is 17.6 Å². The van der Waals surface area contributed by atoms with Crippen LogP contribution < -0.4 is 20.7 Å². The molecule has 0 aliphatic carbocycles. The maximum atomic E-state index is 12.2. The average molecular weight is 384 g/mol. The second-order valence-electron chi connectivity index (χ2n) is 6.56. The SMILES string of the molecule is CCOc1cc(CNC(=O)Nc2ccc(C(=O)NC(C)CC)cc2C)ccn1. The molecule has 7 heteroatoms. The molecule has 1 heterocycles. The van der Waals surface area contributed by atoms with Gasteiger partial charge in [0.15, 0.2) is 0 Å². The molecule has 150 valence electrons. The number of aryl methyl sites for hydroxylation is 1. The minimum atomic E-state index is -0.324. The van der Waals surface area contributed by atoms with Gasteiger partial charge in [-0.3, -0.25) is 4.79 Å². The fourth-order valence-corrected chi connectivity index (χ4v) is 2.49. The predicted octanol–water partition coefficient (Wildman–Crippen LogP) is 3.64. The van der Waals surface area contributed by atoms with Gasteiger partial charge in [-0.15, -0.1) is 0 Å². The van der Waals surface area contributed by atoms with Crippen LogP contribution in [0.4, 0.5) is 10.5 Å². The fraction of sp³-hybridized carbons (Fsp3) is 0.381. The highest BCUT2D eigenvalue weighted by Gasteiger charge is 2.11. The monoisotopic (exact) mass is 384 g/mol. The van der Waals surface area contributed by atoms with Gasteiger partial charge in [-0.25, -0.2) is 9.78 Å². The van der Waals surface area contributed by atoms with E-state index in [0.717, 1.165) is 17.5 Å². The van der Waals surface area contributed by atoms with E-state index < -0.39 is 0 Å². The van der Waals surface area contributed by atoms with Crippen molar-refractivity contribution < 1.29 is 14.3 Å². The van der Waals surface area contributed by atoms with Gasteiger partial charge < -0.3 is 20.7 Å². The van der Waals surface area contributed by atoms with Gasteiger partial charge in [-0.1, -0.05) is 6.92 Å². The molecule has 28 heavy (non-hydrogen) atoms. The van der Waals surface area contributed by atoms with Gasteiger partial charge in [0.2, 0.25) is 5.88 Å². The molecule has 3 amide bonds. The zero-order valence-corrected chi connectivity index (χ0v) is 16.8. The Morgan fingerprint density at radius 1 is 1.18 bits per heavy atom. The van der Waals surface area contributed by atoms with E-state index in [4.69, 9.17) is 4.74 Å². The highest BCUT2D eigenvalue weighted by atomic mass is 16.5. The van der Waals surface area contributed by atoms with E-state index in [1.807, 2.05) is 33.8 Å². The van der Waals surface area contributed by atoms with Crippen molar-refractivity contribution in [3.8, 4) is 5.88 Å². The van der Waals surface area contributed by atoms with E-state index in [9.17, 15) is 9.59 Å². The first-order valence-electron chi connectivity index (χ1n) is 9.47. The third-order valence-corrected chi connectivity index (χ3v) is 4.27. The minimum Gasteiger partial charge on any atom is -0.478 e. The number of rotatable bonds is 8. The molecule has 0 spiro atoms. The molecule has 7 nitrogen and oxygen atoms in total. The smallest absolute Gasteiger partial charge is 0.319 e. The summed E-state index contributed by atoms with van der Waals surface area (Å²) in [7, 11) is 0. The van der Waals surface area contributed by atoms with Crippen LogP contribution in [0.5, 0.6) is 5.88 Å². The van der Waals surface area contributed by atoms with Crippen LogP contribution in [0.25, 0.3) is 0 Å². The van der Waals surface area contributed by atoms with E-state index in [0.29, 0.717) is 30.3 Å². The lowest BCUT2D eigenvalue weighted by Gasteiger charge is -2.14. The van der Waals surface area contributed by atoms with Crippen LogP contribution in [0.3, 0.4) is 0 Å². The molecule has 3 N–H and O–H groups in total. The van der Waals surface area contributed by atoms with E-state index in [-0.39, 0.29) is 18.0 Å². The normalized spacial score (nSPS) is 11.4. The topological polar surface area (TPSA) is 92.4 Å². The van der Waals surface area contributed by atoms with Crippen molar-refractivity contribution in [2.45, 2.75) is 46.7 Å². The van der Waals surface area contributed by atoms with Crippen LogP contribution in [-0.2, 0) is 6.54 Å². The van der Waals surface area contributed by atoms with Gasteiger partial charge in [-0.05, 0) is 62.6 Å². The van der Waals surface area contributed by atoms with E-state index in [1.54, 1.807) is 30.5 Å². The number of pyridine rings is 1. The summed E-state index contributed by atoms with van der Waals surface area (Å²) in [6, 6.07) is 8.61. The lowest BCUT2D eigenvalue weighted by atomic mass is 10.1. The van der Waals surface area contributed by atoms with Gasteiger partial charge >= 0.3 is 6.03 Å². The number of benzene rings is 1. The zero-order chi connectivity index (χ0) is 20.5. The molecule has 1 aromatic carbocycles. The molecule has 0 radical (unpaired) electrons. The molecular formula is C21H28N4O3. The average Bonchev–Trinajstić information content (AvgIpc) is 2.68. The number of nitrogens with zero attached hydrogens (tertiary/aromatic N) is 1. The van der Waals surface area contributed by atoms with Gasteiger partial charge in [-0.2, -0.15) is 0 Å². The molecule has 0 bridgehead atoms. The molecule has 0 aliphatic heterocycles. The number of urea groups is 1. The van der Waals surface area contributed by atoms with E-state index in [1.165, 1.54) is 0 Å². The number of carbonyl (C=O) groups excluding carboxylic acids is 2. The molecule has 1 atom stereocenters. The van der Waals surface area contributed by atoms with Crippen LogP contribution >= 0.6 is 0 Å². The second kappa shape index (κ2) is 10.3. The Bertz CT molecular complexity index is 823. The number of hydrogen-bond donors (Lipinski definition) is 3. The molecule has 0 aliphatic rings. The van der Waals surface area contributed by atoms with Crippen LogP contribution in [0, 0.1) is 6.92 Å². The lowest BCUT2D eigenvalue weighted by Crippen LogP contribution is -2.32. The highest BCUT2D eigenvalue weighted by molar-refractivity contribution is 5.96. The van der Waals surface area contributed by atoms with Crippen molar-refractivity contribution in [1.82, 2.24) is 15.6 Å².